The number of unbranched alkanes of at least 4 members (excludes halogenated alkanes) is 2. The predicted octanol–water partition coefficient (Wildman–Crippen LogP) is 3.67. The van der Waals surface area contributed by atoms with Crippen LogP contribution in [0.1, 0.15) is 39.5 Å². The van der Waals surface area contributed by atoms with Crippen LogP contribution in [0.5, 0.6) is 0 Å². The van der Waals surface area contributed by atoms with Crippen molar-refractivity contribution in [3.63, 3.8) is 0 Å². The molecule has 1 nitrogen and oxygen atoms in total. The summed E-state index contributed by atoms with van der Waals surface area (Å²) in [5, 5.41) is 0. The van der Waals surface area contributed by atoms with E-state index < -0.39 is 0 Å². The predicted molar refractivity (Wildman–Crippen MR) is 54.0 cm³/mol. The van der Waals surface area contributed by atoms with Gasteiger partial charge in [0.15, 0.2) is 0 Å². The van der Waals surface area contributed by atoms with Gasteiger partial charge >= 0.3 is 0 Å². The third-order valence-corrected chi connectivity index (χ3v) is 1.50. The highest BCUT2D eigenvalue weighted by molar-refractivity contribution is 4.82. The van der Waals surface area contributed by atoms with Gasteiger partial charge in [0.05, 0.1) is 12.9 Å². The Kier molecular flexibility index (Phi) is 9.66. The van der Waals surface area contributed by atoms with Crippen molar-refractivity contribution in [1.29, 1.82) is 0 Å². The average molecular weight is 168 g/mol. The summed E-state index contributed by atoms with van der Waals surface area (Å²) >= 11 is 0. The molecule has 0 rings (SSSR count). The second-order valence-corrected chi connectivity index (χ2v) is 2.64. The molecule has 0 fully saturated rings. The second kappa shape index (κ2) is 10.3. The van der Waals surface area contributed by atoms with E-state index in [1.165, 1.54) is 12.8 Å². The van der Waals surface area contributed by atoms with E-state index in [0.29, 0.717) is 0 Å². The molecular formula is C11H20O. The van der Waals surface area contributed by atoms with Crippen LogP contribution in [0.2, 0.25) is 0 Å². The highest BCUT2D eigenvalue weighted by Crippen LogP contribution is 1.98. The third kappa shape index (κ3) is 9.28. The van der Waals surface area contributed by atoms with Gasteiger partial charge in [-0.05, 0) is 38.7 Å². The fraction of sp³-hybridized carbons (Fsp3) is 0.636. The van der Waals surface area contributed by atoms with E-state index in [1.807, 2.05) is 6.92 Å². The van der Waals surface area contributed by atoms with Crippen molar-refractivity contribution >= 4 is 0 Å². The van der Waals surface area contributed by atoms with Crippen LogP contribution in [0.3, 0.4) is 0 Å². The molecule has 0 saturated heterocycles. The van der Waals surface area contributed by atoms with Gasteiger partial charge in [-0.2, -0.15) is 0 Å². The first-order chi connectivity index (χ1) is 5.91. The maximum absolute atomic E-state index is 5.06. The van der Waals surface area contributed by atoms with Gasteiger partial charge in [-0.1, -0.05) is 19.1 Å². The fourth-order valence-corrected chi connectivity index (χ4v) is 0.870. The second-order valence-electron chi connectivity index (χ2n) is 2.64. The minimum Gasteiger partial charge on any atom is -0.502 e. The van der Waals surface area contributed by atoms with E-state index in [9.17, 15) is 0 Å². The molecular weight excluding hydrogens is 148 g/mol. The monoisotopic (exact) mass is 168 g/mol. The van der Waals surface area contributed by atoms with Crippen molar-refractivity contribution in [3.8, 4) is 0 Å². The molecule has 0 atom stereocenters. The first-order valence-corrected chi connectivity index (χ1v) is 4.83. The van der Waals surface area contributed by atoms with Gasteiger partial charge in [0.25, 0.3) is 0 Å². The number of rotatable bonds is 7. The van der Waals surface area contributed by atoms with E-state index in [1.54, 1.807) is 6.26 Å². The number of hydrogen-bond donors (Lipinski definition) is 0. The molecule has 0 N–H and O–H groups in total. The Labute approximate surface area is 76.1 Å². The van der Waals surface area contributed by atoms with Gasteiger partial charge in [-0.3, -0.25) is 0 Å². The van der Waals surface area contributed by atoms with Gasteiger partial charge in [0.2, 0.25) is 0 Å². The first kappa shape index (κ1) is 11.3. The topological polar surface area (TPSA) is 9.23 Å². The Hall–Kier alpha value is -0.720. The first-order valence-electron chi connectivity index (χ1n) is 4.83. The molecule has 0 amide bonds. The van der Waals surface area contributed by atoms with Gasteiger partial charge in [-0.15, -0.1) is 0 Å². The summed E-state index contributed by atoms with van der Waals surface area (Å²) < 4.78 is 5.06. The van der Waals surface area contributed by atoms with E-state index in [4.69, 9.17) is 4.74 Å². The van der Waals surface area contributed by atoms with Gasteiger partial charge in [0, 0.05) is 0 Å². The van der Waals surface area contributed by atoms with Crippen LogP contribution >= 0.6 is 0 Å². The highest BCUT2D eigenvalue weighted by Gasteiger charge is 1.79. The smallest absolute Gasteiger partial charge is 0.0845 e. The van der Waals surface area contributed by atoms with Crippen LogP contribution < -0.4 is 0 Å². The molecule has 70 valence electrons. The standard InChI is InChI=1S/C11H20O/c1-3-5-6-7-8-9-10-11-12-4-2/h5-6,10-11H,3-4,7-9H2,1-2H3. The van der Waals surface area contributed by atoms with Crippen LogP contribution in [-0.2, 0) is 4.74 Å². The summed E-state index contributed by atoms with van der Waals surface area (Å²) in [4.78, 5) is 0. The minimum absolute atomic E-state index is 0.770. The number of allylic oxidation sites excluding steroid dienone is 3. The van der Waals surface area contributed by atoms with Crippen molar-refractivity contribution in [3.05, 3.63) is 24.5 Å². The van der Waals surface area contributed by atoms with E-state index >= 15 is 0 Å². The van der Waals surface area contributed by atoms with Crippen molar-refractivity contribution in [2.24, 2.45) is 0 Å². The van der Waals surface area contributed by atoms with E-state index in [2.05, 4.69) is 25.2 Å². The average Bonchev–Trinajstić information content (AvgIpc) is 2.10. The van der Waals surface area contributed by atoms with Crippen molar-refractivity contribution < 1.29 is 4.74 Å². The van der Waals surface area contributed by atoms with Crippen molar-refractivity contribution in [2.75, 3.05) is 6.61 Å². The Balaban J connectivity index is 3.04. The lowest BCUT2D eigenvalue weighted by atomic mass is 10.2. The molecule has 0 aliphatic heterocycles. The van der Waals surface area contributed by atoms with Crippen LogP contribution in [-0.4, -0.2) is 6.61 Å². The van der Waals surface area contributed by atoms with Crippen LogP contribution in [0.15, 0.2) is 24.5 Å². The summed E-state index contributed by atoms with van der Waals surface area (Å²) in [5.74, 6) is 0. The molecule has 0 heterocycles. The number of hydrogen-bond acceptors (Lipinski definition) is 1. The Bertz CT molecular complexity index is 125. The van der Waals surface area contributed by atoms with Gasteiger partial charge in [0.1, 0.15) is 0 Å². The zero-order chi connectivity index (χ0) is 9.07. The molecule has 0 radical (unpaired) electrons. The molecule has 0 aliphatic rings. The normalized spacial score (nSPS) is 11.5. The van der Waals surface area contributed by atoms with Crippen LogP contribution in [0.25, 0.3) is 0 Å². The Morgan fingerprint density at radius 1 is 1.00 bits per heavy atom. The number of ether oxygens (including phenoxy) is 1. The summed E-state index contributed by atoms with van der Waals surface area (Å²) in [5.41, 5.74) is 0. The quantitative estimate of drug-likeness (QED) is 0.320. The lowest BCUT2D eigenvalue weighted by Gasteiger charge is -1.92. The third-order valence-electron chi connectivity index (χ3n) is 1.50. The molecule has 0 bridgehead atoms. The molecule has 1 heteroatoms. The zero-order valence-electron chi connectivity index (χ0n) is 8.25. The molecule has 0 spiro atoms. The highest BCUT2D eigenvalue weighted by atomic mass is 16.5. The lowest BCUT2D eigenvalue weighted by Crippen LogP contribution is -1.76. The molecule has 0 saturated carbocycles. The zero-order valence-corrected chi connectivity index (χ0v) is 8.25. The minimum atomic E-state index is 0.770. The maximum atomic E-state index is 5.06. The molecule has 0 unspecified atom stereocenters. The summed E-state index contributed by atoms with van der Waals surface area (Å²) in [6.45, 7) is 4.92. The lowest BCUT2D eigenvalue weighted by molar-refractivity contribution is 0.268. The Morgan fingerprint density at radius 2 is 1.75 bits per heavy atom. The van der Waals surface area contributed by atoms with Gasteiger partial charge in [-0.25, -0.2) is 0 Å². The molecule has 0 aromatic heterocycles. The summed E-state index contributed by atoms with van der Waals surface area (Å²) in [6, 6.07) is 0. The largest absolute Gasteiger partial charge is 0.502 e. The SMILES string of the molecule is CCC=CCCCC=COCC. The molecule has 0 aromatic carbocycles. The molecule has 12 heavy (non-hydrogen) atoms. The fourth-order valence-electron chi connectivity index (χ4n) is 0.870. The van der Waals surface area contributed by atoms with Crippen molar-refractivity contribution in [2.45, 2.75) is 39.5 Å². The Morgan fingerprint density at radius 3 is 2.42 bits per heavy atom. The van der Waals surface area contributed by atoms with Crippen LogP contribution in [0, 0.1) is 0 Å². The van der Waals surface area contributed by atoms with E-state index in [0.717, 1.165) is 19.4 Å². The van der Waals surface area contributed by atoms with Crippen molar-refractivity contribution in [1.82, 2.24) is 0 Å². The van der Waals surface area contributed by atoms with Gasteiger partial charge < -0.3 is 4.74 Å². The molecule has 0 aromatic rings. The molecule has 0 aliphatic carbocycles. The van der Waals surface area contributed by atoms with E-state index in [-0.39, 0.29) is 0 Å². The summed E-state index contributed by atoms with van der Waals surface area (Å²) in [7, 11) is 0. The maximum Gasteiger partial charge on any atom is 0.0845 e. The summed E-state index contributed by atoms with van der Waals surface area (Å²) in [6.07, 6.45) is 13.0. The van der Waals surface area contributed by atoms with Crippen LogP contribution in [0.4, 0.5) is 0 Å².